The maximum Gasteiger partial charge on any atom is 0.282 e. The largest absolute Gasteiger partial charge is 0.378 e. The van der Waals surface area contributed by atoms with Crippen LogP contribution in [0, 0.1) is 0 Å². The Bertz CT molecular complexity index is 1110. The molecule has 0 N–H and O–H groups in total. The molecule has 3 aromatic rings. The number of hydrogen-bond donors (Lipinski definition) is 0. The third-order valence-corrected chi connectivity index (χ3v) is 5.94. The molecular weight excluding hydrogens is 448 g/mol. The molecular formula is C22H19BrN4OS. The first-order valence-corrected chi connectivity index (χ1v) is 10.7. The summed E-state index contributed by atoms with van der Waals surface area (Å²) in [7, 11) is 4.00. The highest BCUT2D eigenvalue weighted by atomic mass is 79.9. The fourth-order valence-corrected chi connectivity index (χ4v) is 4.01. The van der Waals surface area contributed by atoms with Gasteiger partial charge in [-0.25, -0.2) is 4.98 Å². The molecule has 0 bridgehead atoms. The Labute approximate surface area is 182 Å². The second kappa shape index (κ2) is 7.93. The quantitative estimate of drug-likeness (QED) is 0.480. The molecule has 0 saturated heterocycles. The van der Waals surface area contributed by atoms with Gasteiger partial charge in [-0.3, -0.25) is 4.79 Å². The Hall–Kier alpha value is -2.77. The summed E-state index contributed by atoms with van der Waals surface area (Å²) in [5, 5.41) is 8.35. The molecule has 0 atom stereocenters. The minimum absolute atomic E-state index is 0.157. The molecule has 29 heavy (non-hydrogen) atoms. The first-order valence-electron chi connectivity index (χ1n) is 9.03. The summed E-state index contributed by atoms with van der Waals surface area (Å²) in [6, 6.07) is 16.0. The molecule has 0 spiro atoms. The predicted octanol–water partition coefficient (Wildman–Crippen LogP) is 5.44. The zero-order valence-corrected chi connectivity index (χ0v) is 18.7. The number of aromatic nitrogens is 1. The number of carbonyl (C=O) groups excluding carboxylic acids is 1. The molecule has 1 aliphatic rings. The van der Waals surface area contributed by atoms with E-state index in [1.165, 1.54) is 16.3 Å². The Balaban J connectivity index is 1.58. The molecule has 146 valence electrons. The molecule has 7 heteroatoms. The first-order chi connectivity index (χ1) is 13.9. The fourth-order valence-electron chi connectivity index (χ4n) is 2.96. The molecule has 1 amide bonds. The van der Waals surface area contributed by atoms with E-state index in [0.717, 1.165) is 27.0 Å². The van der Waals surface area contributed by atoms with Crippen LogP contribution in [0.3, 0.4) is 0 Å². The van der Waals surface area contributed by atoms with Gasteiger partial charge in [0.25, 0.3) is 5.91 Å². The fraction of sp³-hybridized carbons (Fsp3) is 0.136. The van der Waals surface area contributed by atoms with Crippen LogP contribution < -0.4 is 9.91 Å². The molecule has 4 rings (SSSR count). The van der Waals surface area contributed by atoms with Crippen molar-refractivity contribution in [2.45, 2.75) is 6.92 Å². The third kappa shape index (κ3) is 4.02. The van der Waals surface area contributed by atoms with Crippen LogP contribution in [0.5, 0.6) is 0 Å². The number of carbonyl (C=O) groups is 1. The molecule has 0 saturated carbocycles. The van der Waals surface area contributed by atoms with E-state index in [9.17, 15) is 4.79 Å². The Kier molecular flexibility index (Phi) is 5.34. The van der Waals surface area contributed by atoms with Crippen molar-refractivity contribution in [3.05, 3.63) is 69.5 Å². The standard InChI is InChI=1S/C22H19BrN4OS/c1-14-19(12-15-4-10-18(11-5-15)26(2)3)21(28)27(25-14)22-24-20(13-29-22)16-6-8-17(23)9-7-16/h4-13H,1-3H3/b19-12-. The van der Waals surface area contributed by atoms with Gasteiger partial charge in [0.2, 0.25) is 5.13 Å². The van der Waals surface area contributed by atoms with Crippen molar-refractivity contribution >= 4 is 55.8 Å². The van der Waals surface area contributed by atoms with Gasteiger partial charge in [0, 0.05) is 35.2 Å². The van der Waals surface area contributed by atoms with Gasteiger partial charge in [0.05, 0.1) is 17.0 Å². The molecule has 0 fully saturated rings. The number of halogens is 1. The lowest BCUT2D eigenvalue weighted by atomic mass is 10.1. The van der Waals surface area contributed by atoms with Crippen molar-refractivity contribution in [1.82, 2.24) is 4.98 Å². The smallest absolute Gasteiger partial charge is 0.282 e. The number of nitrogens with zero attached hydrogens (tertiary/aromatic N) is 4. The lowest BCUT2D eigenvalue weighted by Crippen LogP contribution is -2.21. The Morgan fingerprint density at radius 3 is 2.41 bits per heavy atom. The van der Waals surface area contributed by atoms with E-state index in [1.807, 2.05) is 85.9 Å². The number of rotatable bonds is 4. The lowest BCUT2D eigenvalue weighted by Gasteiger charge is -2.12. The highest BCUT2D eigenvalue weighted by Gasteiger charge is 2.30. The van der Waals surface area contributed by atoms with Crippen LogP contribution in [0.25, 0.3) is 17.3 Å². The van der Waals surface area contributed by atoms with E-state index in [1.54, 1.807) is 0 Å². The zero-order chi connectivity index (χ0) is 20.5. The molecule has 5 nitrogen and oxygen atoms in total. The number of thiazole rings is 1. The average molecular weight is 467 g/mol. The van der Waals surface area contributed by atoms with Crippen molar-refractivity contribution in [3.8, 4) is 11.3 Å². The van der Waals surface area contributed by atoms with Gasteiger partial charge in [-0.05, 0) is 42.8 Å². The maximum atomic E-state index is 13.0. The molecule has 0 aliphatic carbocycles. The summed E-state index contributed by atoms with van der Waals surface area (Å²) in [4.78, 5) is 19.6. The topological polar surface area (TPSA) is 48.8 Å². The summed E-state index contributed by atoms with van der Waals surface area (Å²) in [5.74, 6) is -0.157. The second-order valence-electron chi connectivity index (χ2n) is 6.87. The Morgan fingerprint density at radius 2 is 1.76 bits per heavy atom. The van der Waals surface area contributed by atoms with E-state index in [0.29, 0.717) is 16.4 Å². The number of hydrogen-bond acceptors (Lipinski definition) is 5. The molecule has 0 radical (unpaired) electrons. The third-order valence-electron chi connectivity index (χ3n) is 4.60. The van der Waals surface area contributed by atoms with Gasteiger partial charge in [-0.15, -0.1) is 11.3 Å². The predicted molar refractivity (Wildman–Crippen MR) is 125 cm³/mol. The normalized spacial score (nSPS) is 15.2. The maximum absolute atomic E-state index is 13.0. The number of hydrazone groups is 1. The van der Waals surface area contributed by atoms with Crippen LogP contribution >= 0.6 is 27.3 Å². The van der Waals surface area contributed by atoms with Crippen molar-refractivity contribution in [1.29, 1.82) is 0 Å². The van der Waals surface area contributed by atoms with Crippen LogP contribution in [-0.2, 0) is 4.79 Å². The van der Waals surface area contributed by atoms with Gasteiger partial charge in [-0.1, -0.05) is 40.2 Å². The van der Waals surface area contributed by atoms with E-state index in [4.69, 9.17) is 0 Å². The van der Waals surface area contributed by atoms with Crippen molar-refractivity contribution < 1.29 is 4.79 Å². The second-order valence-corrected chi connectivity index (χ2v) is 8.62. The summed E-state index contributed by atoms with van der Waals surface area (Å²) < 4.78 is 1.01. The number of benzene rings is 2. The summed E-state index contributed by atoms with van der Waals surface area (Å²) in [6.45, 7) is 1.85. The van der Waals surface area contributed by atoms with E-state index in [2.05, 4.69) is 26.0 Å². The van der Waals surface area contributed by atoms with Gasteiger partial charge in [0.15, 0.2) is 0 Å². The van der Waals surface area contributed by atoms with Gasteiger partial charge < -0.3 is 4.90 Å². The van der Waals surface area contributed by atoms with Crippen LogP contribution in [0.2, 0.25) is 0 Å². The van der Waals surface area contributed by atoms with E-state index >= 15 is 0 Å². The SMILES string of the molecule is CC1=NN(c2nc(-c3ccc(Br)cc3)cs2)C(=O)/C1=C\c1ccc(N(C)C)cc1. The van der Waals surface area contributed by atoms with Gasteiger partial charge in [0.1, 0.15) is 0 Å². The molecule has 2 aromatic carbocycles. The van der Waals surface area contributed by atoms with Crippen molar-refractivity contribution in [2.75, 3.05) is 24.0 Å². The van der Waals surface area contributed by atoms with Gasteiger partial charge in [-0.2, -0.15) is 10.1 Å². The van der Waals surface area contributed by atoms with Crippen LogP contribution in [0.4, 0.5) is 10.8 Å². The summed E-state index contributed by atoms with van der Waals surface area (Å²) in [6.07, 6.45) is 1.88. The summed E-state index contributed by atoms with van der Waals surface area (Å²) in [5.41, 5.74) is 5.18. The van der Waals surface area contributed by atoms with E-state index < -0.39 is 0 Å². The van der Waals surface area contributed by atoms with Crippen LogP contribution in [0.1, 0.15) is 12.5 Å². The van der Waals surface area contributed by atoms with Crippen LogP contribution in [0.15, 0.2) is 69.1 Å². The summed E-state index contributed by atoms with van der Waals surface area (Å²) >= 11 is 4.85. The van der Waals surface area contributed by atoms with E-state index in [-0.39, 0.29) is 5.91 Å². The first kappa shape index (κ1) is 19.5. The highest BCUT2D eigenvalue weighted by Crippen LogP contribution is 2.32. The number of amides is 1. The highest BCUT2D eigenvalue weighted by molar-refractivity contribution is 9.10. The van der Waals surface area contributed by atoms with Crippen molar-refractivity contribution in [2.24, 2.45) is 5.10 Å². The van der Waals surface area contributed by atoms with Crippen molar-refractivity contribution in [3.63, 3.8) is 0 Å². The molecule has 0 unspecified atom stereocenters. The molecule has 1 aliphatic heterocycles. The average Bonchev–Trinajstić information content (AvgIpc) is 3.29. The zero-order valence-electron chi connectivity index (χ0n) is 16.3. The van der Waals surface area contributed by atoms with Crippen LogP contribution in [-0.4, -0.2) is 30.7 Å². The minimum atomic E-state index is -0.157. The minimum Gasteiger partial charge on any atom is -0.378 e. The molecule has 2 heterocycles. The number of anilines is 2. The lowest BCUT2D eigenvalue weighted by molar-refractivity contribution is -0.114. The monoisotopic (exact) mass is 466 g/mol. The van der Waals surface area contributed by atoms with Gasteiger partial charge >= 0.3 is 0 Å². The molecule has 1 aromatic heterocycles. The Morgan fingerprint density at radius 1 is 1.07 bits per heavy atom.